The molecule has 0 fully saturated rings. The van der Waals surface area contributed by atoms with Crippen molar-refractivity contribution in [3.63, 3.8) is 0 Å². The van der Waals surface area contributed by atoms with Gasteiger partial charge in [0.1, 0.15) is 5.82 Å². The third-order valence-corrected chi connectivity index (χ3v) is 4.18. The lowest BCUT2D eigenvalue weighted by Crippen LogP contribution is -2.23. The normalized spacial score (nSPS) is 12.4. The van der Waals surface area contributed by atoms with E-state index in [-0.39, 0.29) is 11.9 Å². The van der Waals surface area contributed by atoms with Crippen molar-refractivity contribution in [2.24, 2.45) is 0 Å². The summed E-state index contributed by atoms with van der Waals surface area (Å²) in [6, 6.07) is 10.2. The Kier molecular flexibility index (Phi) is 5.70. The summed E-state index contributed by atoms with van der Waals surface area (Å²) < 4.78 is 39.9. The van der Waals surface area contributed by atoms with Crippen LogP contribution in [-0.4, -0.2) is 12.3 Å². The van der Waals surface area contributed by atoms with E-state index in [1.54, 1.807) is 24.3 Å². The van der Waals surface area contributed by atoms with Crippen LogP contribution >= 0.6 is 11.8 Å². The molecule has 1 atom stereocenters. The van der Waals surface area contributed by atoms with Crippen molar-refractivity contribution in [1.29, 1.82) is 0 Å². The van der Waals surface area contributed by atoms with Crippen molar-refractivity contribution in [2.75, 3.05) is 12.3 Å². The monoisotopic (exact) mass is 311 g/mol. The van der Waals surface area contributed by atoms with Gasteiger partial charge >= 0.3 is 0 Å². The van der Waals surface area contributed by atoms with Gasteiger partial charge in [-0.3, -0.25) is 0 Å². The molecule has 2 aromatic rings. The van der Waals surface area contributed by atoms with Crippen LogP contribution in [0.5, 0.6) is 0 Å². The zero-order valence-electron chi connectivity index (χ0n) is 11.6. The topological polar surface area (TPSA) is 12.0 Å². The lowest BCUT2D eigenvalue weighted by Gasteiger charge is -2.18. The lowest BCUT2D eigenvalue weighted by molar-refractivity contribution is 0.502. The largest absolute Gasteiger partial charge is 0.309 e. The van der Waals surface area contributed by atoms with Gasteiger partial charge in [0.25, 0.3) is 0 Å². The van der Waals surface area contributed by atoms with Crippen LogP contribution in [0.15, 0.2) is 47.4 Å². The Morgan fingerprint density at radius 2 is 1.76 bits per heavy atom. The fourth-order valence-electron chi connectivity index (χ4n) is 1.98. The van der Waals surface area contributed by atoms with Crippen LogP contribution in [-0.2, 0) is 0 Å². The quantitative estimate of drug-likeness (QED) is 0.786. The van der Waals surface area contributed by atoms with Gasteiger partial charge in [0.2, 0.25) is 0 Å². The molecule has 1 nitrogen and oxygen atoms in total. The van der Waals surface area contributed by atoms with E-state index in [2.05, 4.69) is 5.32 Å². The van der Waals surface area contributed by atoms with E-state index in [0.29, 0.717) is 22.8 Å². The summed E-state index contributed by atoms with van der Waals surface area (Å²) in [5, 5.41) is 3.20. The smallest absolute Gasteiger partial charge is 0.159 e. The van der Waals surface area contributed by atoms with Crippen molar-refractivity contribution in [3.05, 3.63) is 65.5 Å². The van der Waals surface area contributed by atoms with E-state index in [1.807, 2.05) is 6.92 Å². The molecule has 0 saturated heterocycles. The summed E-state index contributed by atoms with van der Waals surface area (Å²) in [6.45, 7) is 2.61. The van der Waals surface area contributed by atoms with Crippen LogP contribution in [0, 0.1) is 17.5 Å². The summed E-state index contributed by atoms with van der Waals surface area (Å²) >= 11 is 1.35. The molecule has 112 valence electrons. The fraction of sp³-hybridized carbons (Fsp3) is 0.250. The average Bonchev–Trinajstić information content (AvgIpc) is 2.48. The third-order valence-electron chi connectivity index (χ3n) is 3.04. The first-order chi connectivity index (χ1) is 10.1. The number of benzene rings is 2. The standard InChI is InChI=1S/C16H16F3NS/c1-2-20-15(11-7-8-12(17)14(19)9-11)10-21-16-6-4-3-5-13(16)18/h3-9,15,20H,2,10H2,1H3. The molecule has 1 N–H and O–H groups in total. The maximum absolute atomic E-state index is 13.6. The van der Waals surface area contributed by atoms with Crippen LogP contribution in [0.2, 0.25) is 0 Å². The predicted octanol–water partition coefficient (Wildman–Crippen LogP) is 4.55. The van der Waals surface area contributed by atoms with Crippen LogP contribution in [0.25, 0.3) is 0 Å². The first kappa shape index (κ1) is 15.9. The molecule has 0 amide bonds. The number of hydrogen-bond acceptors (Lipinski definition) is 2. The maximum atomic E-state index is 13.6. The molecule has 5 heteroatoms. The zero-order chi connectivity index (χ0) is 15.2. The van der Waals surface area contributed by atoms with Crippen LogP contribution in [0.1, 0.15) is 18.5 Å². The molecule has 0 bridgehead atoms. The van der Waals surface area contributed by atoms with Gasteiger partial charge in [-0.15, -0.1) is 11.8 Å². The van der Waals surface area contributed by atoms with Crippen LogP contribution < -0.4 is 5.32 Å². The van der Waals surface area contributed by atoms with E-state index in [1.165, 1.54) is 23.9 Å². The summed E-state index contributed by atoms with van der Waals surface area (Å²) in [7, 11) is 0. The Morgan fingerprint density at radius 3 is 2.43 bits per heavy atom. The third kappa shape index (κ3) is 4.25. The Hall–Kier alpha value is -1.46. The van der Waals surface area contributed by atoms with Crippen molar-refractivity contribution in [2.45, 2.75) is 17.9 Å². The first-order valence-corrected chi connectivity index (χ1v) is 7.66. The second-order valence-corrected chi connectivity index (χ2v) is 5.59. The van der Waals surface area contributed by atoms with Gasteiger partial charge in [0, 0.05) is 16.7 Å². The highest BCUT2D eigenvalue weighted by molar-refractivity contribution is 7.99. The van der Waals surface area contributed by atoms with Crippen LogP contribution in [0.4, 0.5) is 13.2 Å². The number of thioether (sulfide) groups is 1. The molecule has 0 aliphatic rings. The Bertz CT molecular complexity index is 604. The van der Waals surface area contributed by atoms with Gasteiger partial charge < -0.3 is 5.32 Å². The molecular formula is C16H16F3NS. The Labute approximate surface area is 126 Å². The number of rotatable bonds is 6. The van der Waals surface area contributed by atoms with Gasteiger partial charge in [0.05, 0.1) is 0 Å². The summed E-state index contributed by atoms with van der Waals surface area (Å²) in [5.74, 6) is -1.48. The molecule has 21 heavy (non-hydrogen) atoms. The molecule has 1 unspecified atom stereocenters. The second kappa shape index (κ2) is 7.52. The highest BCUT2D eigenvalue weighted by atomic mass is 32.2. The number of nitrogens with one attached hydrogen (secondary N) is 1. The van der Waals surface area contributed by atoms with Gasteiger partial charge in [-0.05, 0) is 36.4 Å². The highest BCUT2D eigenvalue weighted by Crippen LogP contribution is 2.27. The van der Waals surface area contributed by atoms with Crippen molar-refractivity contribution < 1.29 is 13.2 Å². The van der Waals surface area contributed by atoms with Crippen LogP contribution in [0.3, 0.4) is 0 Å². The van der Waals surface area contributed by atoms with Crippen molar-refractivity contribution in [3.8, 4) is 0 Å². The molecule has 0 aliphatic carbocycles. The minimum absolute atomic E-state index is 0.172. The number of hydrogen-bond donors (Lipinski definition) is 1. The minimum Gasteiger partial charge on any atom is -0.309 e. The van der Waals surface area contributed by atoms with Gasteiger partial charge in [-0.1, -0.05) is 25.1 Å². The summed E-state index contributed by atoms with van der Waals surface area (Å²) in [6.07, 6.45) is 0. The SMILES string of the molecule is CCNC(CSc1ccccc1F)c1ccc(F)c(F)c1. The Balaban J connectivity index is 2.12. The fourth-order valence-corrected chi connectivity index (χ4v) is 3.02. The molecular weight excluding hydrogens is 295 g/mol. The van der Waals surface area contributed by atoms with E-state index in [4.69, 9.17) is 0 Å². The van der Waals surface area contributed by atoms with Crippen molar-refractivity contribution in [1.82, 2.24) is 5.32 Å². The number of halogens is 3. The van der Waals surface area contributed by atoms with E-state index >= 15 is 0 Å². The molecule has 0 aromatic heterocycles. The maximum Gasteiger partial charge on any atom is 0.159 e. The zero-order valence-corrected chi connectivity index (χ0v) is 12.4. The van der Waals surface area contributed by atoms with Crippen molar-refractivity contribution >= 4 is 11.8 Å². The molecule has 2 rings (SSSR count). The molecule has 0 heterocycles. The van der Waals surface area contributed by atoms with Gasteiger partial charge in [-0.2, -0.15) is 0 Å². The lowest BCUT2D eigenvalue weighted by atomic mass is 10.1. The molecule has 0 radical (unpaired) electrons. The summed E-state index contributed by atoms with van der Waals surface area (Å²) in [4.78, 5) is 0.544. The Morgan fingerprint density at radius 1 is 1.00 bits per heavy atom. The first-order valence-electron chi connectivity index (χ1n) is 6.67. The van der Waals surface area contributed by atoms with Gasteiger partial charge in [0.15, 0.2) is 11.6 Å². The highest BCUT2D eigenvalue weighted by Gasteiger charge is 2.14. The average molecular weight is 311 g/mol. The van der Waals surface area contributed by atoms with E-state index < -0.39 is 11.6 Å². The van der Waals surface area contributed by atoms with E-state index in [0.717, 1.165) is 6.07 Å². The van der Waals surface area contributed by atoms with Gasteiger partial charge in [-0.25, -0.2) is 13.2 Å². The molecule has 0 spiro atoms. The molecule has 2 aromatic carbocycles. The van der Waals surface area contributed by atoms with E-state index in [9.17, 15) is 13.2 Å². The molecule has 0 saturated carbocycles. The predicted molar refractivity (Wildman–Crippen MR) is 79.9 cm³/mol. The summed E-state index contributed by atoms with van der Waals surface area (Å²) in [5.41, 5.74) is 0.652. The second-order valence-electron chi connectivity index (χ2n) is 4.53. The minimum atomic E-state index is -0.869. The molecule has 0 aliphatic heterocycles.